The summed E-state index contributed by atoms with van der Waals surface area (Å²) in [7, 11) is 0. The van der Waals surface area contributed by atoms with Crippen LogP contribution in [0.5, 0.6) is 0 Å². The Morgan fingerprint density at radius 2 is 1.83 bits per heavy atom. The van der Waals surface area contributed by atoms with Gasteiger partial charge in [-0.3, -0.25) is 0 Å². The zero-order valence-corrected chi connectivity index (χ0v) is 10.3. The Bertz CT molecular complexity index is 570. The molecule has 0 saturated carbocycles. The van der Waals surface area contributed by atoms with Crippen LogP contribution in [-0.4, -0.2) is 6.54 Å². The Balaban J connectivity index is 2.50. The molecule has 2 aromatic carbocycles. The van der Waals surface area contributed by atoms with E-state index >= 15 is 0 Å². The van der Waals surface area contributed by atoms with Crippen molar-refractivity contribution in [3.8, 4) is 6.07 Å². The molecule has 0 spiro atoms. The maximum absolute atomic E-state index is 9.02. The summed E-state index contributed by atoms with van der Waals surface area (Å²) in [5.41, 5.74) is 9.04. The second kappa shape index (κ2) is 5.24. The fourth-order valence-electron chi connectivity index (χ4n) is 1.99. The van der Waals surface area contributed by atoms with E-state index in [0.717, 1.165) is 17.9 Å². The molecule has 3 nitrogen and oxygen atoms in total. The fourth-order valence-corrected chi connectivity index (χ4v) is 1.99. The smallest absolute Gasteiger partial charge is 0.101 e. The van der Waals surface area contributed by atoms with Gasteiger partial charge < -0.3 is 10.6 Å². The summed E-state index contributed by atoms with van der Waals surface area (Å²) in [5, 5.41) is 9.02. The van der Waals surface area contributed by atoms with Gasteiger partial charge in [0.2, 0.25) is 0 Å². The second-order valence-electron chi connectivity index (χ2n) is 3.93. The van der Waals surface area contributed by atoms with Crippen molar-refractivity contribution in [2.45, 2.75) is 6.92 Å². The zero-order valence-electron chi connectivity index (χ0n) is 10.3. The first-order valence-electron chi connectivity index (χ1n) is 5.89. The van der Waals surface area contributed by atoms with Gasteiger partial charge in [-0.2, -0.15) is 5.26 Å². The zero-order chi connectivity index (χ0) is 13.0. The third kappa shape index (κ3) is 2.14. The molecule has 0 aromatic heterocycles. The van der Waals surface area contributed by atoms with E-state index in [-0.39, 0.29) is 0 Å². The molecule has 0 unspecified atom stereocenters. The number of nitrogens with two attached hydrogens (primary N) is 1. The van der Waals surface area contributed by atoms with Gasteiger partial charge in [-0.1, -0.05) is 24.3 Å². The Morgan fingerprint density at radius 3 is 2.44 bits per heavy atom. The molecule has 90 valence electrons. The Hall–Kier alpha value is -2.47. The molecule has 0 aliphatic rings. The number of rotatable bonds is 3. The molecular formula is C15H15N3. The molecule has 0 heterocycles. The van der Waals surface area contributed by atoms with Gasteiger partial charge in [0, 0.05) is 12.2 Å². The van der Waals surface area contributed by atoms with Gasteiger partial charge in [0.1, 0.15) is 6.07 Å². The van der Waals surface area contributed by atoms with Gasteiger partial charge in [-0.15, -0.1) is 0 Å². The summed E-state index contributed by atoms with van der Waals surface area (Å²) < 4.78 is 0. The van der Waals surface area contributed by atoms with E-state index in [0.29, 0.717) is 11.3 Å². The number of nitrogen functional groups attached to an aromatic ring is 1. The third-order valence-electron chi connectivity index (χ3n) is 2.88. The first-order chi connectivity index (χ1) is 8.77. The average Bonchev–Trinajstić information content (AvgIpc) is 2.43. The van der Waals surface area contributed by atoms with Crippen LogP contribution >= 0.6 is 0 Å². The van der Waals surface area contributed by atoms with Crippen LogP contribution in [0.15, 0.2) is 48.5 Å². The molecule has 0 bridgehead atoms. The maximum atomic E-state index is 9.02. The third-order valence-corrected chi connectivity index (χ3v) is 2.88. The van der Waals surface area contributed by atoms with Crippen molar-refractivity contribution < 1.29 is 0 Å². The predicted molar refractivity (Wildman–Crippen MR) is 74.7 cm³/mol. The molecule has 0 saturated heterocycles. The van der Waals surface area contributed by atoms with E-state index in [1.807, 2.05) is 42.5 Å². The Labute approximate surface area is 107 Å². The molecule has 2 N–H and O–H groups in total. The highest BCUT2D eigenvalue weighted by molar-refractivity contribution is 5.78. The van der Waals surface area contributed by atoms with E-state index in [1.165, 1.54) is 0 Å². The van der Waals surface area contributed by atoms with Crippen LogP contribution in [0.2, 0.25) is 0 Å². The SMILES string of the molecule is CCN(c1ccccc1)c1cccc(C#N)c1N. The standard InChI is InChI=1S/C15H15N3/c1-2-18(13-8-4-3-5-9-13)14-10-6-7-12(11-16)15(14)17/h3-10H,2,17H2,1H3. The molecule has 0 fully saturated rings. The van der Waals surface area contributed by atoms with Gasteiger partial charge in [0.05, 0.1) is 16.9 Å². The van der Waals surface area contributed by atoms with E-state index in [2.05, 4.69) is 17.9 Å². The fraction of sp³-hybridized carbons (Fsp3) is 0.133. The van der Waals surface area contributed by atoms with Gasteiger partial charge in [-0.25, -0.2) is 0 Å². The molecule has 0 amide bonds. The summed E-state index contributed by atoms with van der Waals surface area (Å²) >= 11 is 0. The predicted octanol–water partition coefficient (Wildman–Crippen LogP) is 3.30. The minimum Gasteiger partial charge on any atom is -0.396 e. The van der Waals surface area contributed by atoms with Crippen molar-refractivity contribution in [3.63, 3.8) is 0 Å². The van der Waals surface area contributed by atoms with Crippen molar-refractivity contribution >= 4 is 17.1 Å². The summed E-state index contributed by atoms with van der Waals surface area (Å²) in [6.45, 7) is 2.86. The van der Waals surface area contributed by atoms with Crippen LogP contribution in [0.25, 0.3) is 0 Å². The van der Waals surface area contributed by atoms with Crippen molar-refractivity contribution in [2.24, 2.45) is 0 Å². The van der Waals surface area contributed by atoms with E-state index in [1.54, 1.807) is 6.07 Å². The molecule has 0 aliphatic carbocycles. The highest BCUT2D eigenvalue weighted by Gasteiger charge is 2.12. The lowest BCUT2D eigenvalue weighted by molar-refractivity contribution is 1.02. The van der Waals surface area contributed by atoms with Gasteiger partial charge in [0.25, 0.3) is 0 Å². The molecule has 3 heteroatoms. The lowest BCUT2D eigenvalue weighted by atomic mass is 10.1. The number of para-hydroxylation sites is 2. The van der Waals surface area contributed by atoms with Crippen LogP contribution in [0.4, 0.5) is 17.1 Å². The minimum atomic E-state index is 0.516. The topological polar surface area (TPSA) is 53.0 Å². The molecule has 2 aromatic rings. The number of nitrogens with zero attached hydrogens (tertiary/aromatic N) is 2. The lowest BCUT2D eigenvalue weighted by Gasteiger charge is -2.25. The Morgan fingerprint density at radius 1 is 1.11 bits per heavy atom. The van der Waals surface area contributed by atoms with Crippen LogP contribution in [-0.2, 0) is 0 Å². The highest BCUT2D eigenvalue weighted by Crippen LogP contribution is 2.31. The Kier molecular flexibility index (Phi) is 3.49. The summed E-state index contributed by atoms with van der Waals surface area (Å²) in [5.74, 6) is 0. The summed E-state index contributed by atoms with van der Waals surface area (Å²) in [4.78, 5) is 2.09. The van der Waals surface area contributed by atoms with Crippen molar-refractivity contribution in [2.75, 3.05) is 17.2 Å². The molecule has 0 radical (unpaired) electrons. The van der Waals surface area contributed by atoms with Crippen molar-refractivity contribution in [1.29, 1.82) is 5.26 Å². The monoisotopic (exact) mass is 237 g/mol. The summed E-state index contributed by atoms with van der Waals surface area (Å²) in [6, 6.07) is 17.7. The molecular weight excluding hydrogens is 222 g/mol. The largest absolute Gasteiger partial charge is 0.396 e. The van der Waals surface area contributed by atoms with Gasteiger partial charge in [0.15, 0.2) is 0 Å². The summed E-state index contributed by atoms with van der Waals surface area (Å²) in [6.07, 6.45) is 0. The van der Waals surface area contributed by atoms with Crippen molar-refractivity contribution in [3.05, 3.63) is 54.1 Å². The van der Waals surface area contributed by atoms with Crippen LogP contribution in [0.1, 0.15) is 12.5 Å². The van der Waals surface area contributed by atoms with Crippen LogP contribution < -0.4 is 10.6 Å². The van der Waals surface area contributed by atoms with E-state index < -0.39 is 0 Å². The molecule has 2 rings (SSSR count). The quantitative estimate of drug-likeness (QED) is 0.833. The van der Waals surface area contributed by atoms with Gasteiger partial charge >= 0.3 is 0 Å². The lowest BCUT2D eigenvalue weighted by Crippen LogP contribution is -2.17. The minimum absolute atomic E-state index is 0.516. The van der Waals surface area contributed by atoms with E-state index in [4.69, 9.17) is 11.0 Å². The highest BCUT2D eigenvalue weighted by atomic mass is 15.1. The van der Waals surface area contributed by atoms with Crippen molar-refractivity contribution in [1.82, 2.24) is 0 Å². The maximum Gasteiger partial charge on any atom is 0.101 e. The second-order valence-corrected chi connectivity index (χ2v) is 3.93. The van der Waals surface area contributed by atoms with Gasteiger partial charge in [-0.05, 0) is 31.2 Å². The molecule has 18 heavy (non-hydrogen) atoms. The normalized spacial score (nSPS) is 9.78. The van der Waals surface area contributed by atoms with E-state index in [9.17, 15) is 0 Å². The average molecular weight is 237 g/mol. The number of hydrogen-bond donors (Lipinski definition) is 1. The molecule has 0 atom stereocenters. The first-order valence-corrected chi connectivity index (χ1v) is 5.89. The van der Waals surface area contributed by atoms with Crippen LogP contribution in [0.3, 0.4) is 0 Å². The number of anilines is 3. The number of benzene rings is 2. The number of hydrogen-bond acceptors (Lipinski definition) is 3. The van der Waals surface area contributed by atoms with Crippen LogP contribution in [0, 0.1) is 11.3 Å². The molecule has 0 aliphatic heterocycles. The first kappa shape index (κ1) is 12.0. The number of nitriles is 1.